The number of hydrogen-bond donors (Lipinski definition) is 1. The lowest BCUT2D eigenvalue weighted by Crippen LogP contribution is -2.60. The third kappa shape index (κ3) is 3.17. The predicted molar refractivity (Wildman–Crippen MR) is 122 cm³/mol. The molecule has 2 heterocycles. The summed E-state index contributed by atoms with van der Waals surface area (Å²) in [4.78, 5) is 31.6. The largest absolute Gasteiger partial charge is 0.349 e. The van der Waals surface area contributed by atoms with Gasteiger partial charge in [0, 0.05) is 35.5 Å². The number of likely N-dealkylation sites (N-methyl/N-ethyl adjacent to an activating group) is 1. The number of amides is 2. The molecular weight excluding hydrogens is 425 g/mol. The Bertz CT molecular complexity index is 976. The summed E-state index contributed by atoms with van der Waals surface area (Å²) in [6.07, 6.45) is 7.59. The molecule has 1 aliphatic heterocycles. The molecule has 5 rings (SSSR count). The fourth-order valence-electron chi connectivity index (χ4n) is 8.03. The van der Waals surface area contributed by atoms with Gasteiger partial charge < -0.3 is 10.2 Å². The van der Waals surface area contributed by atoms with Gasteiger partial charge in [0.2, 0.25) is 5.91 Å². The zero-order chi connectivity index (χ0) is 22.8. The number of carbonyl (C=O) groups excluding carboxylic acids is 2. The normalized spacial score (nSPS) is 40.9. The van der Waals surface area contributed by atoms with Gasteiger partial charge in [-0.05, 0) is 74.7 Å². The Kier molecular flexibility index (Phi) is 5.27. The minimum atomic E-state index is -0.596. The maximum Gasteiger partial charge on any atom is 0.282 e. The van der Waals surface area contributed by atoms with Crippen LogP contribution in [0.15, 0.2) is 17.3 Å². The highest BCUT2D eigenvalue weighted by Gasteiger charge is 2.62. The number of aromatic nitrogens is 1. The molecule has 2 unspecified atom stereocenters. The van der Waals surface area contributed by atoms with Crippen LogP contribution in [0.4, 0.5) is 4.39 Å². The van der Waals surface area contributed by atoms with E-state index in [9.17, 15) is 14.0 Å². The summed E-state index contributed by atoms with van der Waals surface area (Å²) < 4.78 is 14.6. The van der Waals surface area contributed by atoms with Crippen molar-refractivity contribution in [2.45, 2.75) is 71.9 Å². The van der Waals surface area contributed by atoms with Crippen molar-refractivity contribution in [3.05, 3.63) is 28.0 Å². The van der Waals surface area contributed by atoms with E-state index in [0.717, 1.165) is 49.2 Å². The Morgan fingerprint density at radius 2 is 2.03 bits per heavy atom. The Hall–Kier alpha value is -1.76. The van der Waals surface area contributed by atoms with Gasteiger partial charge in [0.05, 0.1) is 6.54 Å². The van der Waals surface area contributed by atoms with E-state index in [2.05, 4.69) is 24.1 Å². The van der Waals surface area contributed by atoms with Crippen LogP contribution < -0.4 is 5.32 Å². The molecule has 32 heavy (non-hydrogen) atoms. The number of thiazole rings is 1. The average molecular weight is 460 g/mol. The summed E-state index contributed by atoms with van der Waals surface area (Å²) in [5.41, 5.74) is 0.668. The molecule has 3 fully saturated rings. The van der Waals surface area contributed by atoms with E-state index in [0.29, 0.717) is 24.3 Å². The molecule has 1 N–H and O–H groups in total. The summed E-state index contributed by atoms with van der Waals surface area (Å²) in [6, 6.07) is 0.0716. The minimum Gasteiger partial charge on any atom is -0.349 e. The fourth-order valence-corrected chi connectivity index (χ4v) is 8.74. The average Bonchev–Trinajstić information content (AvgIpc) is 3.32. The van der Waals surface area contributed by atoms with Gasteiger partial charge in [0.1, 0.15) is 5.01 Å². The van der Waals surface area contributed by atoms with Gasteiger partial charge in [-0.3, -0.25) is 9.59 Å². The quantitative estimate of drug-likeness (QED) is 0.717. The highest BCUT2D eigenvalue weighted by Crippen LogP contribution is 2.65. The van der Waals surface area contributed by atoms with Gasteiger partial charge in [-0.1, -0.05) is 13.8 Å². The van der Waals surface area contributed by atoms with E-state index in [1.807, 2.05) is 12.3 Å². The molecule has 1 aromatic rings. The van der Waals surface area contributed by atoms with Crippen molar-refractivity contribution in [1.82, 2.24) is 15.2 Å². The molecule has 4 aliphatic rings. The second kappa shape index (κ2) is 7.64. The van der Waals surface area contributed by atoms with Gasteiger partial charge >= 0.3 is 0 Å². The van der Waals surface area contributed by atoms with Crippen LogP contribution in [0, 0.1) is 41.4 Å². The molecular formula is C25H34FN3O2S. The molecule has 3 saturated carbocycles. The van der Waals surface area contributed by atoms with Crippen molar-refractivity contribution in [3.8, 4) is 0 Å². The SMILES string of the molecule is Cc1csc(CNC(=O)C2CC[C@H]3[C@@H]4CCC5N(C)C(=O)C(F)=C[C@]5(C)[C@@H]4CC[C@]23C)n1. The van der Waals surface area contributed by atoms with Gasteiger partial charge in [-0.15, -0.1) is 11.3 Å². The van der Waals surface area contributed by atoms with Crippen molar-refractivity contribution < 1.29 is 14.0 Å². The van der Waals surface area contributed by atoms with Crippen LogP contribution in [0.2, 0.25) is 0 Å². The topological polar surface area (TPSA) is 62.3 Å². The Balaban J connectivity index is 1.34. The Labute approximate surface area is 193 Å². The fraction of sp³-hybridized carbons (Fsp3) is 0.720. The van der Waals surface area contributed by atoms with Crippen molar-refractivity contribution in [3.63, 3.8) is 0 Å². The number of hydrogen-bond acceptors (Lipinski definition) is 4. The summed E-state index contributed by atoms with van der Waals surface area (Å²) in [5.74, 6) is 0.455. The van der Waals surface area contributed by atoms with Crippen molar-refractivity contribution in [1.29, 1.82) is 0 Å². The van der Waals surface area contributed by atoms with Crippen LogP contribution in [-0.2, 0) is 16.1 Å². The third-order valence-electron chi connectivity index (χ3n) is 9.55. The standard InChI is InChI=1S/C25H34FN3O2S/c1-14-13-32-21(28-14)12-27-22(30)18-7-6-16-15-5-8-20-25(3,11-19(26)23(31)29(20)4)17(15)9-10-24(16,18)2/h11,13,15-18,20H,5-10,12H2,1-4H3,(H,27,30)/t15-,16-,17+,18?,20?,24-,25+/m0/s1. The number of rotatable bonds is 3. The van der Waals surface area contributed by atoms with E-state index in [-0.39, 0.29) is 28.7 Å². The molecule has 7 heteroatoms. The zero-order valence-electron chi connectivity index (χ0n) is 19.5. The van der Waals surface area contributed by atoms with Crippen LogP contribution in [0.25, 0.3) is 0 Å². The molecule has 174 valence electrons. The molecule has 5 nitrogen and oxygen atoms in total. The molecule has 3 aliphatic carbocycles. The lowest BCUT2D eigenvalue weighted by molar-refractivity contribution is -0.145. The number of carbonyl (C=O) groups is 2. The first-order valence-corrected chi connectivity index (χ1v) is 12.9. The van der Waals surface area contributed by atoms with Gasteiger partial charge in [-0.2, -0.15) is 0 Å². The van der Waals surface area contributed by atoms with E-state index >= 15 is 0 Å². The summed E-state index contributed by atoms with van der Waals surface area (Å²) in [5, 5.41) is 6.13. The first-order valence-electron chi connectivity index (χ1n) is 12.0. The maximum atomic E-state index is 14.6. The highest BCUT2D eigenvalue weighted by atomic mass is 32.1. The lowest BCUT2D eigenvalue weighted by atomic mass is 9.47. The first-order chi connectivity index (χ1) is 15.1. The molecule has 7 atom stereocenters. The van der Waals surface area contributed by atoms with E-state index in [1.165, 1.54) is 0 Å². The third-order valence-corrected chi connectivity index (χ3v) is 10.5. The number of fused-ring (bicyclic) bond motifs is 5. The zero-order valence-corrected chi connectivity index (χ0v) is 20.3. The molecule has 2 amide bonds. The second-order valence-electron chi connectivity index (χ2n) is 11.0. The number of aryl methyl sites for hydroxylation is 1. The monoisotopic (exact) mass is 459 g/mol. The van der Waals surface area contributed by atoms with E-state index < -0.39 is 11.7 Å². The highest BCUT2D eigenvalue weighted by molar-refractivity contribution is 7.09. The van der Waals surface area contributed by atoms with Crippen LogP contribution in [-0.4, -0.2) is 34.8 Å². The molecule has 0 spiro atoms. The maximum absolute atomic E-state index is 14.6. The summed E-state index contributed by atoms with van der Waals surface area (Å²) in [6.45, 7) is 6.96. The summed E-state index contributed by atoms with van der Waals surface area (Å²) in [7, 11) is 1.75. The minimum absolute atomic E-state index is 0.00805. The predicted octanol–water partition coefficient (Wildman–Crippen LogP) is 4.62. The van der Waals surface area contributed by atoms with Gasteiger partial charge in [-0.25, -0.2) is 9.37 Å². The van der Waals surface area contributed by atoms with Gasteiger partial charge in [0.15, 0.2) is 5.83 Å². The molecule has 0 radical (unpaired) electrons. The first kappa shape index (κ1) is 22.1. The van der Waals surface area contributed by atoms with Crippen LogP contribution in [0.1, 0.15) is 63.1 Å². The van der Waals surface area contributed by atoms with E-state index in [1.54, 1.807) is 29.4 Å². The molecule has 0 saturated heterocycles. The lowest BCUT2D eigenvalue weighted by Gasteiger charge is -2.60. The van der Waals surface area contributed by atoms with Crippen molar-refractivity contribution in [2.24, 2.45) is 34.5 Å². The second-order valence-corrected chi connectivity index (χ2v) is 12.0. The smallest absolute Gasteiger partial charge is 0.282 e. The van der Waals surface area contributed by atoms with Crippen LogP contribution in [0.3, 0.4) is 0 Å². The van der Waals surface area contributed by atoms with Crippen molar-refractivity contribution in [2.75, 3.05) is 7.05 Å². The Morgan fingerprint density at radius 3 is 2.75 bits per heavy atom. The van der Waals surface area contributed by atoms with E-state index in [4.69, 9.17) is 0 Å². The summed E-state index contributed by atoms with van der Waals surface area (Å²) >= 11 is 1.59. The Morgan fingerprint density at radius 1 is 1.25 bits per heavy atom. The van der Waals surface area contributed by atoms with Gasteiger partial charge in [0.25, 0.3) is 5.91 Å². The number of halogens is 1. The molecule has 0 aromatic carbocycles. The number of nitrogens with zero attached hydrogens (tertiary/aromatic N) is 2. The van der Waals surface area contributed by atoms with Crippen LogP contribution >= 0.6 is 11.3 Å². The molecule has 0 bridgehead atoms. The molecule has 1 aromatic heterocycles. The van der Waals surface area contributed by atoms with Crippen molar-refractivity contribution >= 4 is 23.2 Å². The van der Waals surface area contributed by atoms with Crippen LogP contribution in [0.5, 0.6) is 0 Å². The number of nitrogens with one attached hydrogen (secondary N) is 1.